The molecule has 0 amide bonds. The van der Waals surface area contributed by atoms with E-state index in [9.17, 15) is 0 Å². The molecule has 1 heterocycles. The summed E-state index contributed by atoms with van der Waals surface area (Å²) in [7, 11) is 0. The molecule has 0 aliphatic heterocycles. The Labute approximate surface area is 130 Å². The van der Waals surface area contributed by atoms with Crippen LogP contribution in [0.1, 0.15) is 0 Å². The number of anilines is 1. The Kier molecular flexibility index (Phi) is 3.02. The lowest BCUT2D eigenvalue weighted by Gasteiger charge is -2.03. The molecule has 0 aliphatic rings. The van der Waals surface area contributed by atoms with Crippen LogP contribution in [0.25, 0.3) is 29.6 Å². The van der Waals surface area contributed by atoms with Gasteiger partial charge in [-0.05, 0) is 30.3 Å². The van der Waals surface area contributed by atoms with Crippen LogP contribution in [0, 0.1) is 0 Å². The van der Waals surface area contributed by atoms with Crippen molar-refractivity contribution in [2.45, 2.75) is 0 Å². The van der Waals surface area contributed by atoms with Gasteiger partial charge in [-0.25, -0.2) is 0 Å². The summed E-state index contributed by atoms with van der Waals surface area (Å²) in [5.41, 5.74) is 6.78. The number of fused-ring (bicyclic) bond motifs is 4. The minimum absolute atomic E-state index is 0.813. The molecule has 0 aliphatic carbocycles. The zero-order valence-corrected chi connectivity index (χ0v) is 12.9. The van der Waals surface area contributed by atoms with Crippen LogP contribution >= 0.6 is 22.7 Å². The highest BCUT2D eigenvalue weighted by atomic mass is 32.1. The summed E-state index contributed by atoms with van der Waals surface area (Å²) < 4.78 is 5.05. The van der Waals surface area contributed by atoms with Crippen molar-refractivity contribution in [1.29, 1.82) is 0 Å². The first-order valence-electron chi connectivity index (χ1n) is 6.75. The molecule has 3 heteroatoms. The molecular weight excluding hydrogens is 294 g/mol. The van der Waals surface area contributed by atoms with Crippen LogP contribution in [0.3, 0.4) is 0 Å². The Morgan fingerprint density at radius 1 is 0.571 bits per heavy atom. The van der Waals surface area contributed by atoms with Crippen LogP contribution < -0.4 is 5.73 Å². The molecule has 0 saturated heterocycles. The largest absolute Gasteiger partial charge is 0.399 e. The lowest BCUT2D eigenvalue weighted by molar-refractivity contribution is 1.80. The van der Waals surface area contributed by atoms with Crippen LogP contribution in [-0.4, -0.2) is 0 Å². The number of nitrogens with two attached hydrogens (primary N) is 1. The van der Waals surface area contributed by atoms with Gasteiger partial charge in [0.15, 0.2) is 0 Å². The topological polar surface area (TPSA) is 26.0 Å². The molecule has 1 aromatic heterocycles. The van der Waals surface area contributed by atoms with E-state index in [2.05, 4.69) is 60.7 Å². The minimum Gasteiger partial charge on any atom is -0.399 e. The predicted octanol–water partition coefficient (Wildman–Crippen LogP) is 5.98. The number of nitrogen functional groups attached to an aromatic ring is 1. The highest BCUT2D eigenvalue weighted by molar-refractivity contribution is 7.31. The predicted molar refractivity (Wildman–Crippen MR) is 96.8 cm³/mol. The van der Waals surface area contributed by atoms with Crippen LogP contribution in [0.5, 0.6) is 0 Å². The normalized spacial score (nSPS) is 11.0. The molecule has 21 heavy (non-hydrogen) atoms. The van der Waals surface area contributed by atoms with Gasteiger partial charge >= 0.3 is 0 Å². The van der Waals surface area contributed by atoms with Gasteiger partial charge in [-0.1, -0.05) is 36.4 Å². The number of hydrogen-bond acceptors (Lipinski definition) is 3. The summed E-state index contributed by atoms with van der Waals surface area (Å²) in [5, 5.41) is 2.59. The molecule has 102 valence electrons. The summed E-state index contributed by atoms with van der Waals surface area (Å²) in [6.07, 6.45) is 0. The Morgan fingerprint density at radius 2 is 1.14 bits per heavy atom. The third-order valence-corrected chi connectivity index (χ3v) is 5.89. The van der Waals surface area contributed by atoms with Crippen LogP contribution in [0.2, 0.25) is 0 Å². The van der Waals surface area contributed by atoms with Crippen molar-refractivity contribution in [2.75, 3.05) is 5.73 Å². The van der Waals surface area contributed by atoms with Gasteiger partial charge in [0.2, 0.25) is 0 Å². The molecule has 0 fully saturated rings. The Bertz CT molecular complexity index is 1010. The third kappa shape index (κ3) is 2.24. The molecule has 0 radical (unpaired) electrons. The molecular formula is C18H13NS2. The van der Waals surface area contributed by atoms with E-state index in [0.29, 0.717) is 0 Å². The number of benzene rings is 3. The van der Waals surface area contributed by atoms with Crippen molar-refractivity contribution in [2.24, 2.45) is 0 Å². The molecule has 2 N–H and O–H groups in total. The second-order valence-corrected chi connectivity index (χ2v) is 7.07. The maximum absolute atomic E-state index is 5.96. The molecule has 1 nitrogen and oxygen atoms in total. The van der Waals surface area contributed by atoms with Gasteiger partial charge in [0.25, 0.3) is 0 Å². The number of hydrogen-bond donors (Lipinski definition) is 1. The maximum atomic E-state index is 5.96. The monoisotopic (exact) mass is 307 g/mol. The molecule has 0 saturated carbocycles. The van der Waals surface area contributed by atoms with Crippen molar-refractivity contribution >= 4 is 57.9 Å². The summed E-state index contributed by atoms with van der Waals surface area (Å²) in [5.74, 6) is 0. The van der Waals surface area contributed by atoms with Gasteiger partial charge in [0, 0.05) is 35.3 Å². The van der Waals surface area contributed by atoms with E-state index in [1.165, 1.54) is 29.6 Å². The molecule has 0 unspecified atom stereocenters. The summed E-state index contributed by atoms with van der Waals surface area (Å²) >= 11 is 3.61. The van der Waals surface area contributed by atoms with E-state index in [0.717, 1.165) is 5.69 Å². The first-order chi connectivity index (χ1) is 10.3. The van der Waals surface area contributed by atoms with Crippen LogP contribution in [0.15, 0.2) is 66.7 Å². The lowest BCUT2D eigenvalue weighted by atomic mass is 10.1. The summed E-state index contributed by atoms with van der Waals surface area (Å²) in [4.78, 5) is 0. The van der Waals surface area contributed by atoms with Gasteiger partial charge < -0.3 is 5.73 Å². The van der Waals surface area contributed by atoms with Crippen molar-refractivity contribution in [1.82, 2.24) is 0 Å². The van der Waals surface area contributed by atoms with Crippen LogP contribution in [0.4, 0.5) is 5.69 Å². The highest BCUT2D eigenvalue weighted by Gasteiger charge is 2.01. The molecule has 4 rings (SSSR count). The van der Waals surface area contributed by atoms with Crippen molar-refractivity contribution in [3.63, 3.8) is 0 Å². The van der Waals surface area contributed by atoms with E-state index in [1.807, 2.05) is 17.4 Å². The fraction of sp³-hybridized carbons (Fsp3) is 0. The first-order valence-corrected chi connectivity index (χ1v) is 8.38. The summed E-state index contributed by atoms with van der Waals surface area (Å²) in [6, 6.07) is 23.3. The lowest BCUT2D eigenvalue weighted by Crippen LogP contribution is -1.81. The van der Waals surface area contributed by atoms with Gasteiger partial charge in [-0.3, -0.25) is 0 Å². The zero-order valence-electron chi connectivity index (χ0n) is 11.2. The molecule has 0 spiro atoms. The Hall–Kier alpha value is -2.10. The molecule has 3 aromatic carbocycles. The van der Waals surface area contributed by atoms with Crippen molar-refractivity contribution in [3.05, 3.63) is 66.7 Å². The Balaban J connectivity index is 2.35. The third-order valence-electron chi connectivity index (χ3n) is 3.47. The van der Waals surface area contributed by atoms with Crippen LogP contribution in [-0.2, 0) is 0 Å². The molecule has 0 atom stereocenters. The standard InChI is InChI=1S/C18H13NS2/c19-12-9-10-17-18(11-12)21-16-8-4-2-6-14(16)13-5-1-3-7-15(13)20-17/h1-11H,19H2. The summed E-state index contributed by atoms with van der Waals surface area (Å²) in [6.45, 7) is 0. The number of rotatable bonds is 0. The zero-order chi connectivity index (χ0) is 14.2. The van der Waals surface area contributed by atoms with Crippen molar-refractivity contribution < 1.29 is 0 Å². The van der Waals surface area contributed by atoms with Gasteiger partial charge in [-0.15, -0.1) is 22.7 Å². The maximum Gasteiger partial charge on any atom is 0.0469 e. The fourth-order valence-corrected chi connectivity index (χ4v) is 4.73. The van der Waals surface area contributed by atoms with Gasteiger partial charge in [0.1, 0.15) is 0 Å². The molecule has 0 bridgehead atoms. The first kappa shape index (κ1) is 12.6. The van der Waals surface area contributed by atoms with E-state index in [-0.39, 0.29) is 0 Å². The van der Waals surface area contributed by atoms with Crippen molar-refractivity contribution in [3.8, 4) is 0 Å². The fourth-order valence-electron chi connectivity index (χ4n) is 2.48. The smallest absolute Gasteiger partial charge is 0.0469 e. The van der Waals surface area contributed by atoms with E-state index in [1.54, 1.807) is 11.3 Å². The highest BCUT2D eigenvalue weighted by Crippen LogP contribution is 2.34. The SMILES string of the molecule is Nc1ccc2sc3ccccc3c3ccccc3sc2c1. The van der Waals surface area contributed by atoms with Gasteiger partial charge in [0.05, 0.1) is 0 Å². The van der Waals surface area contributed by atoms with E-state index in [4.69, 9.17) is 5.73 Å². The van der Waals surface area contributed by atoms with E-state index < -0.39 is 0 Å². The second-order valence-electron chi connectivity index (χ2n) is 4.90. The average molecular weight is 307 g/mol. The Morgan fingerprint density at radius 3 is 1.81 bits per heavy atom. The van der Waals surface area contributed by atoms with Gasteiger partial charge in [-0.2, -0.15) is 0 Å². The average Bonchev–Trinajstić information content (AvgIpc) is 2.49. The minimum atomic E-state index is 0.813. The second kappa shape index (κ2) is 5.02. The quantitative estimate of drug-likeness (QED) is 0.398. The van der Waals surface area contributed by atoms with E-state index >= 15 is 0 Å². The molecule has 4 aromatic rings.